The number of rotatable bonds is 7. The number of amides is 1. The van der Waals surface area contributed by atoms with E-state index in [2.05, 4.69) is 23.7 Å². The minimum atomic E-state index is 0.0377. The van der Waals surface area contributed by atoms with Crippen LogP contribution < -0.4 is 5.32 Å². The first-order valence-corrected chi connectivity index (χ1v) is 7.39. The Morgan fingerprint density at radius 1 is 1.55 bits per heavy atom. The lowest BCUT2D eigenvalue weighted by atomic mass is 10.1. The molecule has 0 heterocycles. The molecule has 0 spiro atoms. The van der Waals surface area contributed by atoms with Crippen molar-refractivity contribution in [3.05, 3.63) is 47.5 Å². The highest BCUT2D eigenvalue weighted by Crippen LogP contribution is 2.36. The van der Waals surface area contributed by atoms with Gasteiger partial charge in [0.15, 0.2) is 0 Å². The normalized spacial score (nSPS) is 15.9. The first kappa shape index (κ1) is 15.1. The molecule has 1 aliphatic rings. The molecule has 108 valence electrons. The summed E-state index contributed by atoms with van der Waals surface area (Å²) in [5.41, 5.74) is 1.08. The number of hydrogen-bond donors (Lipinski definition) is 1. The van der Waals surface area contributed by atoms with E-state index in [9.17, 15) is 4.79 Å². The van der Waals surface area contributed by atoms with Gasteiger partial charge in [-0.3, -0.25) is 9.69 Å². The Hall–Kier alpha value is -1.32. The van der Waals surface area contributed by atoms with Crippen molar-refractivity contribution in [2.75, 3.05) is 13.1 Å². The Morgan fingerprint density at radius 2 is 2.25 bits per heavy atom. The van der Waals surface area contributed by atoms with Gasteiger partial charge in [-0.1, -0.05) is 35.9 Å². The van der Waals surface area contributed by atoms with Crippen molar-refractivity contribution < 1.29 is 4.79 Å². The summed E-state index contributed by atoms with van der Waals surface area (Å²) in [5.74, 6) is 0.0377. The molecule has 1 amide bonds. The number of nitrogens with one attached hydrogen (secondary N) is 1. The standard InChI is InChI=1S/C16H21ClN2O/c1-3-10-18-16(20)11-19(13-8-9-13)12(2)14-6-4-5-7-15(14)17/h3-7,12-13H,1,8-11H2,2H3,(H,18,20). The van der Waals surface area contributed by atoms with Gasteiger partial charge in [-0.2, -0.15) is 0 Å². The molecule has 1 aromatic carbocycles. The van der Waals surface area contributed by atoms with Crippen LogP contribution in [-0.2, 0) is 4.79 Å². The molecule has 0 radical (unpaired) electrons. The molecular weight excluding hydrogens is 272 g/mol. The van der Waals surface area contributed by atoms with Crippen molar-refractivity contribution in [3.63, 3.8) is 0 Å². The monoisotopic (exact) mass is 292 g/mol. The molecule has 1 N–H and O–H groups in total. The van der Waals surface area contributed by atoms with E-state index >= 15 is 0 Å². The van der Waals surface area contributed by atoms with E-state index in [1.165, 1.54) is 0 Å². The number of halogens is 1. The Labute approximate surface area is 125 Å². The highest BCUT2D eigenvalue weighted by molar-refractivity contribution is 6.31. The Balaban J connectivity index is 2.06. The Morgan fingerprint density at radius 3 is 2.85 bits per heavy atom. The van der Waals surface area contributed by atoms with Crippen molar-refractivity contribution >= 4 is 17.5 Å². The number of hydrogen-bond acceptors (Lipinski definition) is 2. The van der Waals surface area contributed by atoms with Gasteiger partial charge >= 0.3 is 0 Å². The molecule has 1 saturated carbocycles. The van der Waals surface area contributed by atoms with E-state index in [0.717, 1.165) is 23.4 Å². The summed E-state index contributed by atoms with van der Waals surface area (Å²) in [5, 5.41) is 3.60. The van der Waals surface area contributed by atoms with E-state index in [-0.39, 0.29) is 11.9 Å². The second-order valence-corrected chi connectivity index (χ2v) is 5.60. The minimum absolute atomic E-state index is 0.0377. The number of carbonyl (C=O) groups is 1. The summed E-state index contributed by atoms with van der Waals surface area (Å²) >= 11 is 6.27. The van der Waals surface area contributed by atoms with Crippen LogP contribution in [0.15, 0.2) is 36.9 Å². The van der Waals surface area contributed by atoms with Gasteiger partial charge in [0.1, 0.15) is 0 Å². The zero-order valence-corrected chi connectivity index (χ0v) is 12.6. The lowest BCUT2D eigenvalue weighted by Crippen LogP contribution is -2.40. The third-order valence-corrected chi connectivity index (χ3v) is 3.98. The zero-order chi connectivity index (χ0) is 14.5. The van der Waals surface area contributed by atoms with Crippen LogP contribution in [0.25, 0.3) is 0 Å². The summed E-state index contributed by atoms with van der Waals surface area (Å²) in [6.07, 6.45) is 4.00. The second kappa shape index (κ2) is 6.91. The molecule has 1 unspecified atom stereocenters. The maximum Gasteiger partial charge on any atom is 0.234 e. The predicted octanol–water partition coefficient (Wildman–Crippen LogP) is 3.17. The number of carbonyl (C=O) groups excluding carboxylic acids is 1. The smallest absolute Gasteiger partial charge is 0.234 e. The maximum absolute atomic E-state index is 11.9. The Kier molecular flexibility index (Phi) is 5.21. The highest BCUT2D eigenvalue weighted by Gasteiger charge is 2.34. The van der Waals surface area contributed by atoms with Crippen LogP contribution >= 0.6 is 11.6 Å². The van der Waals surface area contributed by atoms with Crippen LogP contribution in [0.2, 0.25) is 5.02 Å². The van der Waals surface area contributed by atoms with Gasteiger partial charge < -0.3 is 5.32 Å². The third kappa shape index (κ3) is 3.84. The molecule has 1 aromatic rings. The van der Waals surface area contributed by atoms with Crippen LogP contribution in [0.3, 0.4) is 0 Å². The van der Waals surface area contributed by atoms with Crippen molar-refractivity contribution in [2.45, 2.75) is 31.8 Å². The fourth-order valence-corrected chi connectivity index (χ4v) is 2.68. The van der Waals surface area contributed by atoms with Gasteiger partial charge in [0.2, 0.25) is 5.91 Å². The molecule has 1 aliphatic carbocycles. The van der Waals surface area contributed by atoms with Crippen LogP contribution in [0, 0.1) is 0 Å². The van der Waals surface area contributed by atoms with Gasteiger partial charge in [0.25, 0.3) is 0 Å². The molecule has 3 nitrogen and oxygen atoms in total. The van der Waals surface area contributed by atoms with Crippen LogP contribution in [0.5, 0.6) is 0 Å². The molecule has 1 atom stereocenters. The molecule has 2 rings (SSSR count). The van der Waals surface area contributed by atoms with Gasteiger partial charge in [-0.25, -0.2) is 0 Å². The van der Waals surface area contributed by atoms with E-state index in [4.69, 9.17) is 11.6 Å². The maximum atomic E-state index is 11.9. The minimum Gasteiger partial charge on any atom is -0.352 e. The highest BCUT2D eigenvalue weighted by atomic mass is 35.5. The lowest BCUT2D eigenvalue weighted by molar-refractivity contribution is -0.122. The van der Waals surface area contributed by atoms with Gasteiger partial charge in [-0.05, 0) is 31.4 Å². The number of benzene rings is 1. The second-order valence-electron chi connectivity index (χ2n) is 5.19. The van der Waals surface area contributed by atoms with Crippen LogP contribution in [-0.4, -0.2) is 29.9 Å². The molecule has 20 heavy (non-hydrogen) atoms. The molecule has 0 saturated heterocycles. The van der Waals surface area contributed by atoms with Crippen molar-refractivity contribution in [1.82, 2.24) is 10.2 Å². The summed E-state index contributed by atoms with van der Waals surface area (Å²) in [4.78, 5) is 14.2. The average Bonchev–Trinajstić information content (AvgIpc) is 3.27. The van der Waals surface area contributed by atoms with E-state index < -0.39 is 0 Å². The Bertz CT molecular complexity index is 485. The van der Waals surface area contributed by atoms with Crippen LogP contribution in [0.1, 0.15) is 31.4 Å². The third-order valence-electron chi connectivity index (χ3n) is 3.64. The van der Waals surface area contributed by atoms with Crippen LogP contribution in [0.4, 0.5) is 0 Å². The zero-order valence-electron chi connectivity index (χ0n) is 11.8. The predicted molar refractivity (Wildman–Crippen MR) is 82.8 cm³/mol. The topological polar surface area (TPSA) is 32.3 Å². The molecule has 1 fully saturated rings. The van der Waals surface area contributed by atoms with Gasteiger partial charge in [0, 0.05) is 23.7 Å². The fraction of sp³-hybridized carbons (Fsp3) is 0.438. The molecule has 0 bridgehead atoms. The van der Waals surface area contributed by atoms with Crippen molar-refractivity contribution in [1.29, 1.82) is 0 Å². The van der Waals surface area contributed by atoms with Gasteiger partial charge in [-0.15, -0.1) is 6.58 Å². The molecule has 4 heteroatoms. The largest absolute Gasteiger partial charge is 0.352 e. The summed E-state index contributed by atoms with van der Waals surface area (Å²) < 4.78 is 0. The first-order valence-electron chi connectivity index (χ1n) is 7.01. The average molecular weight is 293 g/mol. The summed E-state index contributed by atoms with van der Waals surface area (Å²) in [6.45, 7) is 6.64. The molecule has 0 aromatic heterocycles. The quantitative estimate of drug-likeness (QED) is 0.783. The molecular formula is C16H21ClN2O. The number of nitrogens with zero attached hydrogens (tertiary/aromatic N) is 1. The summed E-state index contributed by atoms with van der Waals surface area (Å²) in [7, 11) is 0. The summed E-state index contributed by atoms with van der Waals surface area (Å²) in [6, 6.07) is 8.49. The van der Waals surface area contributed by atoms with E-state index in [1.807, 2.05) is 24.3 Å². The first-order chi connectivity index (χ1) is 9.63. The van der Waals surface area contributed by atoms with E-state index in [1.54, 1.807) is 6.08 Å². The SMILES string of the molecule is C=CCNC(=O)CN(C1CC1)C(C)c1ccccc1Cl. The van der Waals surface area contributed by atoms with Crippen molar-refractivity contribution in [2.24, 2.45) is 0 Å². The van der Waals surface area contributed by atoms with Crippen molar-refractivity contribution in [3.8, 4) is 0 Å². The fourth-order valence-electron chi connectivity index (χ4n) is 2.39. The van der Waals surface area contributed by atoms with Gasteiger partial charge in [0.05, 0.1) is 6.54 Å². The lowest BCUT2D eigenvalue weighted by Gasteiger charge is -2.29. The molecule has 0 aliphatic heterocycles. The van der Waals surface area contributed by atoms with E-state index in [0.29, 0.717) is 19.1 Å².